The first-order valence-electron chi connectivity index (χ1n) is 10.6. The van der Waals surface area contributed by atoms with Crippen LogP contribution in [-0.2, 0) is 0 Å². The van der Waals surface area contributed by atoms with Gasteiger partial charge >= 0.3 is 161 Å². The summed E-state index contributed by atoms with van der Waals surface area (Å²) in [7, 11) is -4.25. The molecule has 0 aromatic heterocycles. The van der Waals surface area contributed by atoms with E-state index in [1.54, 1.807) is 0 Å². The molecule has 1 aromatic carbocycles. The van der Waals surface area contributed by atoms with Crippen LogP contribution >= 0.6 is 7.28 Å². The molecule has 4 heteroatoms. The molecular weight excluding hydrogens is 343 g/mol. The summed E-state index contributed by atoms with van der Waals surface area (Å²) < 4.78 is 6.06. The van der Waals surface area contributed by atoms with Crippen molar-refractivity contribution in [1.29, 1.82) is 0 Å². The van der Waals surface area contributed by atoms with Crippen molar-refractivity contribution in [2.24, 2.45) is 11.8 Å². The molecule has 0 aliphatic heterocycles. The van der Waals surface area contributed by atoms with Gasteiger partial charge in [-0.3, -0.25) is 0 Å². The van der Waals surface area contributed by atoms with Crippen molar-refractivity contribution < 1.29 is 14.3 Å². The maximum atomic E-state index is 11.6. The topological polar surface area (TPSA) is 49.7 Å². The molecule has 26 heavy (non-hydrogen) atoms. The van der Waals surface area contributed by atoms with Crippen LogP contribution in [-0.4, -0.2) is 22.1 Å². The number of rotatable bonds is 14. The number of unbranched alkanes of at least 4 members (excludes halogenated alkanes) is 2. The summed E-state index contributed by atoms with van der Waals surface area (Å²) in [6, 6.07) is 9.34. The standard InChI is InChI=1S/C22H41O3P/c1-5-9-14-20(7-3)18-26(23,24,19-21(8-4)15-10-6-2)25-22-16-12-11-13-17-22/h11-13,16-17,20-21,23-24H,5-10,14-15,18-19H2,1-4H3. The third-order valence-electron chi connectivity index (χ3n) is 5.40. The Hall–Kier alpha value is -0.630. The molecule has 2 atom stereocenters. The first kappa shape index (κ1) is 23.4. The van der Waals surface area contributed by atoms with Crippen LogP contribution < -0.4 is 4.52 Å². The number of benzene rings is 1. The zero-order chi connectivity index (χ0) is 19.5. The number of para-hydroxylation sites is 1. The van der Waals surface area contributed by atoms with Crippen molar-refractivity contribution in [3.8, 4) is 5.75 Å². The van der Waals surface area contributed by atoms with Crippen molar-refractivity contribution >= 4 is 7.28 Å². The predicted molar refractivity (Wildman–Crippen MR) is 115 cm³/mol. The molecule has 0 bridgehead atoms. The second kappa shape index (κ2) is 11.3. The van der Waals surface area contributed by atoms with Gasteiger partial charge in [-0.05, 0) is 0 Å². The van der Waals surface area contributed by atoms with Crippen LogP contribution in [0.25, 0.3) is 0 Å². The van der Waals surface area contributed by atoms with Crippen LogP contribution in [0.3, 0.4) is 0 Å². The van der Waals surface area contributed by atoms with Crippen molar-refractivity contribution in [3.63, 3.8) is 0 Å². The Bertz CT molecular complexity index is 467. The minimum absolute atomic E-state index is 0.301. The molecule has 1 rings (SSSR count). The molecule has 0 saturated carbocycles. The van der Waals surface area contributed by atoms with E-state index in [0.29, 0.717) is 29.9 Å². The number of hydrogen-bond acceptors (Lipinski definition) is 3. The van der Waals surface area contributed by atoms with E-state index in [9.17, 15) is 9.79 Å². The van der Waals surface area contributed by atoms with Crippen LogP contribution in [0.2, 0.25) is 0 Å². The van der Waals surface area contributed by atoms with E-state index in [1.807, 2.05) is 30.3 Å². The van der Waals surface area contributed by atoms with E-state index in [0.717, 1.165) is 51.4 Å². The van der Waals surface area contributed by atoms with Crippen molar-refractivity contribution in [3.05, 3.63) is 30.3 Å². The van der Waals surface area contributed by atoms with E-state index in [1.165, 1.54) is 0 Å². The molecule has 0 saturated heterocycles. The van der Waals surface area contributed by atoms with Crippen molar-refractivity contribution in [2.45, 2.75) is 79.1 Å². The Morgan fingerprint density at radius 3 is 1.65 bits per heavy atom. The molecule has 152 valence electrons. The summed E-state index contributed by atoms with van der Waals surface area (Å²) in [5.41, 5.74) is 0. The Balaban J connectivity index is 3.03. The van der Waals surface area contributed by atoms with E-state index in [4.69, 9.17) is 4.52 Å². The Morgan fingerprint density at radius 2 is 1.27 bits per heavy atom. The number of hydrogen-bond donors (Lipinski definition) is 2. The fourth-order valence-electron chi connectivity index (χ4n) is 3.75. The van der Waals surface area contributed by atoms with Gasteiger partial charge in [-0.15, -0.1) is 0 Å². The molecule has 0 heterocycles. The van der Waals surface area contributed by atoms with Gasteiger partial charge in [0, 0.05) is 0 Å². The molecule has 0 amide bonds. The van der Waals surface area contributed by atoms with Crippen LogP contribution in [0, 0.1) is 11.8 Å². The molecular formula is C22H41O3P. The van der Waals surface area contributed by atoms with Gasteiger partial charge in [0.2, 0.25) is 0 Å². The fourth-order valence-corrected chi connectivity index (χ4v) is 7.61. The first-order chi connectivity index (χ1) is 12.3. The molecule has 0 spiro atoms. The van der Waals surface area contributed by atoms with E-state index in [2.05, 4.69) is 27.7 Å². The van der Waals surface area contributed by atoms with Crippen LogP contribution in [0.15, 0.2) is 30.3 Å². The summed E-state index contributed by atoms with van der Waals surface area (Å²) in [4.78, 5) is 23.2. The van der Waals surface area contributed by atoms with E-state index in [-0.39, 0.29) is 0 Å². The molecule has 0 fully saturated rings. The zero-order valence-electron chi connectivity index (χ0n) is 17.4. The van der Waals surface area contributed by atoms with Gasteiger partial charge in [-0.1, -0.05) is 0 Å². The summed E-state index contributed by atoms with van der Waals surface area (Å²) in [6.07, 6.45) is 9.30. The Labute approximate surface area is 161 Å². The van der Waals surface area contributed by atoms with Gasteiger partial charge in [0.05, 0.1) is 0 Å². The van der Waals surface area contributed by atoms with Crippen LogP contribution in [0.5, 0.6) is 5.75 Å². The second-order valence-corrected chi connectivity index (χ2v) is 11.4. The van der Waals surface area contributed by atoms with Gasteiger partial charge in [-0.25, -0.2) is 0 Å². The summed E-state index contributed by atoms with van der Waals surface area (Å²) in [6.45, 7) is 8.66. The zero-order valence-corrected chi connectivity index (χ0v) is 18.3. The van der Waals surface area contributed by atoms with Gasteiger partial charge in [0.25, 0.3) is 0 Å². The summed E-state index contributed by atoms with van der Waals surface area (Å²) in [5.74, 6) is 1.18. The minimum atomic E-state index is -4.25. The molecule has 0 radical (unpaired) electrons. The molecule has 0 aliphatic rings. The quantitative estimate of drug-likeness (QED) is 0.348. The van der Waals surface area contributed by atoms with Crippen LogP contribution in [0.4, 0.5) is 0 Å². The fraction of sp³-hybridized carbons (Fsp3) is 0.727. The molecule has 2 N–H and O–H groups in total. The van der Waals surface area contributed by atoms with Gasteiger partial charge in [0.15, 0.2) is 0 Å². The van der Waals surface area contributed by atoms with E-state index < -0.39 is 7.28 Å². The first-order valence-corrected chi connectivity index (χ1v) is 13.0. The Kier molecular flexibility index (Phi) is 10.1. The van der Waals surface area contributed by atoms with Gasteiger partial charge in [0.1, 0.15) is 0 Å². The normalized spacial score (nSPS) is 15.8. The third-order valence-corrected chi connectivity index (χ3v) is 8.53. The average molecular weight is 385 g/mol. The molecule has 1 aromatic rings. The summed E-state index contributed by atoms with van der Waals surface area (Å²) in [5, 5.41) is 0. The predicted octanol–water partition coefficient (Wildman–Crippen LogP) is 6.78. The third kappa shape index (κ3) is 8.37. The maximum absolute atomic E-state index is 11.6. The van der Waals surface area contributed by atoms with Crippen LogP contribution in [0.1, 0.15) is 79.1 Å². The van der Waals surface area contributed by atoms with E-state index >= 15 is 0 Å². The monoisotopic (exact) mass is 384 g/mol. The SMILES string of the molecule is CCCCC(CC)CP(O)(O)(CC(CC)CCCC)Oc1ccccc1. The molecule has 0 aliphatic carbocycles. The Morgan fingerprint density at radius 1 is 0.808 bits per heavy atom. The van der Waals surface area contributed by atoms with Crippen molar-refractivity contribution in [2.75, 3.05) is 12.3 Å². The van der Waals surface area contributed by atoms with Crippen molar-refractivity contribution in [1.82, 2.24) is 0 Å². The van der Waals surface area contributed by atoms with Gasteiger partial charge < -0.3 is 0 Å². The summed E-state index contributed by atoms with van der Waals surface area (Å²) >= 11 is 0. The average Bonchev–Trinajstić information content (AvgIpc) is 2.62. The molecule has 3 nitrogen and oxygen atoms in total. The second-order valence-electron chi connectivity index (χ2n) is 7.90. The van der Waals surface area contributed by atoms with Gasteiger partial charge in [-0.2, -0.15) is 0 Å². The molecule has 2 unspecified atom stereocenters.